The molecule has 0 aliphatic rings. The van der Waals surface area contributed by atoms with Gasteiger partial charge >= 0.3 is 0 Å². The van der Waals surface area contributed by atoms with Gasteiger partial charge in [-0.1, -0.05) is 6.42 Å². The molecule has 0 radical (unpaired) electrons. The largest absolute Gasteiger partial charge is 0.330 e. The molecule has 0 aromatic rings. The fourth-order valence-corrected chi connectivity index (χ4v) is 1.10. The van der Waals surface area contributed by atoms with Crippen molar-refractivity contribution >= 4 is 5.71 Å². The van der Waals surface area contributed by atoms with Crippen LogP contribution in [0, 0.1) is 5.41 Å². The number of nitrogens with two attached hydrogens (primary N) is 2. The Hall–Kier alpha value is -0.410. The summed E-state index contributed by atoms with van der Waals surface area (Å²) in [4.78, 5) is 0. The zero-order valence-corrected chi connectivity index (χ0v) is 7.97. The Labute approximate surface area is 75.0 Å². The maximum atomic E-state index is 7.46. The lowest BCUT2D eigenvalue weighted by molar-refractivity contribution is 0.604. The minimum Gasteiger partial charge on any atom is -0.330 e. The zero-order chi connectivity index (χ0) is 9.40. The molecule has 0 saturated heterocycles. The van der Waals surface area contributed by atoms with Gasteiger partial charge in [-0.3, -0.25) is 0 Å². The van der Waals surface area contributed by atoms with Crippen LogP contribution in [0.5, 0.6) is 0 Å². The highest BCUT2D eigenvalue weighted by atomic mass is 14.6. The molecule has 0 rings (SSSR count). The molecule has 3 heteroatoms. The van der Waals surface area contributed by atoms with Gasteiger partial charge in [-0.2, -0.15) is 0 Å². The minimum absolute atomic E-state index is 0.300. The van der Waals surface area contributed by atoms with Crippen LogP contribution in [0.1, 0.15) is 39.0 Å². The van der Waals surface area contributed by atoms with Crippen molar-refractivity contribution in [2.24, 2.45) is 11.5 Å². The summed E-state index contributed by atoms with van der Waals surface area (Å²) in [5, 5.41) is 7.46. The molecule has 0 aliphatic carbocycles. The van der Waals surface area contributed by atoms with Crippen LogP contribution >= 0.6 is 0 Å². The van der Waals surface area contributed by atoms with E-state index in [0.717, 1.165) is 37.8 Å². The predicted octanol–water partition coefficient (Wildman–Crippen LogP) is 1.26. The van der Waals surface area contributed by atoms with E-state index in [1.807, 2.05) is 6.92 Å². The Balaban J connectivity index is 3.14. The molecule has 0 heterocycles. The molecule has 3 nitrogen and oxygen atoms in total. The van der Waals surface area contributed by atoms with Crippen LogP contribution in [-0.4, -0.2) is 18.3 Å². The average Bonchev–Trinajstić information content (AvgIpc) is 1.98. The second kappa shape index (κ2) is 7.25. The fourth-order valence-electron chi connectivity index (χ4n) is 1.10. The maximum absolute atomic E-state index is 7.46. The van der Waals surface area contributed by atoms with Crippen LogP contribution in [0.3, 0.4) is 0 Å². The van der Waals surface area contributed by atoms with Gasteiger partial charge in [0.2, 0.25) is 0 Å². The molecule has 0 amide bonds. The van der Waals surface area contributed by atoms with Crippen LogP contribution in [0.4, 0.5) is 0 Å². The first-order chi connectivity index (χ1) is 5.66. The van der Waals surface area contributed by atoms with Gasteiger partial charge in [0, 0.05) is 11.8 Å². The summed E-state index contributed by atoms with van der Waals surface area (Å²) < 4.78 is 0. The highest BCUT2D eigenvalue weighted by Crippen LogP contribution is 2.03. The Morgan fingerprint density at radius 3 is 2.50 bits per heavy atom. The Morgan fingerprint density at radius 2 is 2.00 bits per heavy atom. The lowest BCUT2D eigenvalue weighted by Crippen LogP contribution is -2.14. The third-order valence-corrected chi connectivity index (χ3v) is 1.83. The van der Waals surface area contributed by atoms with Crippen LogP contribution in [0.2, 0.25) is 0 Å². The van der Waals surface area contributed by atoms with Gasteiger partial charge < -0.3 is 16.9 Å². The SMILES string of the molecule is CC(N)CCCCC(=N)CCN. The van der Waals surface area contributed by atoms with Crippen molar-refractivity contribution in [2.45, 2.75) is 45.1 Å². The normalized spacial score (nSPS) is 12.9. The van der Waals surface area contributed by atoms with Gasteiger partial charge in [0.1, 0.15) is 0 Å². The van der Waals surface area contributed by atoms with Crippen molar-refractivity contribution in [2.75, 3.05) is 6.54 Å². The monoisotopic (exact) mass is 171 g/mol. The molecule has 1 atom stereocenters. The average molecular weight is 171 g/mol. The molecule has 0 aromatic heterocycles. The molecule has 12 heavy (non-hydrogen) atoms. The third-order valence-electron chi connectivity index (χ3n) is 1.83. The molecule has 72 valence electrons. The van der Waals surface area contributed by atoms with Crippen molar-refractivity contribution in [1.82, 2.24) is 0 Å². The molecule has 0 aromatic carbocycles. The van der Waals surface area contributed by atoms with Crippen LogP contribution < -0.4 is 11.5 Å². The van der Waals surface area contributed by atoms with Gasteiger partial charge in [-0.05, 0) is 39.2 Å². The fraction of sp³-hybridized carbons (Fsp3) is 0.889. The summed E-state index contributed by atoms with van der Waals surface area (Å²) in [6.07, 6.45) is 4.92. The van der Waals surface area contributed by atoms with Crippen molar-refractivity contribution in [3.63, 3.8) is 0 Å². The summed E-state index contributed by atoms with van der Waals surface area (Å²) in [5.74, 6) is 0. The summed E-state index contributed by atoms with van der Waals surface area (Å²) in [5.41, 5.74) is 11.7. The number of unbranched alkanes of at least 4 members (excludes halogenated alkanes) is 1. The lowest BCUT2D eigenvalue weighted by atomic mass is 10.1. The van der Waals surface area contributed by atoms with Crippen LogP contribution in [-0.2, 0) is 0 Å². The van der Waals surface area contributed by atoms with Crippen LogP contribution in [0.25, 0.3) is 0 Å². The van der Waals surface area contributed by atoms with Crippen LogP contribution in [0.15, 0.2) is 0 Å². The molecule has 0 saturated carbocycles. The van der Waals surface area contributed by atoms with E-state index in [0.29, 0.717) is 12.6 Å². The topological polar surface area (TPSA) is 75.9 Å². The highest BCUT2D eigenvalue weighted by Gasteiger charge is 1.97. The van der Waals surface area contributed by atoms with Gasteiger partial charge in [0.15, 0.2) is 0 Å². The van der Waals surface area contributed by atoms with Crippen molar-refractivity contribution in [3.8, 4) is 0 Å². The van der Waals surface area contributed by atoms with Crippen molar-refractivity contribution < 1.29 is 0 Å². The number of nitrogens with one attached hydrogen (secondary N) is 1. The van der Waals surface area contributed by atoms with E-state index >= 15 is 0 Å². The van der Waals surface area contributed by atoms with E-state index in [2.05, 4.69) is 0 Å². The lowest BCUT2D eigenvalue weighted by Gasteiger charge is -2.04. The van der Waals surface area contributed by atoms with Gasteiger partial charge in [0.25, 0.3) is 0 Å². The third kappa shape index (κ3) is 7.69. The molecule has 0 aliphatic heterocycles. The van der Waals surface area contributed by atoms with Gasteiger partial charge in [0.05, 0.1) is 0 Å². The molecule has 1 unspecified atom stereocenters. The first-order valence-corrected chi connectivity index (χ1v) is 4.68. The molecule has 0 fully saturated rings. The molecular weight excluding hydrogens is 150 g/mol. The summed E-state index contributed by atoms with van der Waals surface area (Å²) in [7, 11) is 0. The summed E-state index contributed by atoms with van der Waals surface area (Å²) in [6.45, 7) is 2.62. The number of hydrogen-bond donors (Lipinski definition) is 3. The maximum Gasteiger partial charge on any atom is 0.0102 e. The van der Waals surface area contributed by atoms with E-state index in [1.54, 1.807) is 0 Å². The second-order valence-corrected chi connectivity index (χ2v) is 3.37. The molecular formula is C9H21N3. The van der Waals surface area contributed by atoms with E-state index in [4.69, 9.17) is 16.9 Å². The first kappa shape index (κ1) is 11.6. The van der Waals surface area contributed by atoms with E-state index in [-0.39, 0.29) is 0 Å². The standard InChI is InChI=1S/C9H21N3/c1-8(11)4-2-3-5-9(12)6-7-10/h8,12H,2-7,10-11H2,1H3. The number of rotatable bonds is 7. The zero-order valence-electron chi connectivity index (χ0n) is 7.97. The quantitative estimate of drug-likeness (QED) is 0.398. The van der Waals surface area contributed by atoms with E-state index in [1.165, 1.54) is 0 Å². The predicted molar refractivity (Wildman–Crippen MR) is 53.5 cm³/mol. The summed E-state index contributed by atoms with van der Waals surface area (Å²) >= 11 is 0. The number of hydrogen-bond acceptors (Lipinski definition) is 3. The van der Waals surface area contributed by atoms with E-state index < -0.39 is 0 Å². The smallest absolute Gasteiger partial charge is 0.0102 e. The Kier molecular flexibility index (Phi) is 7.00. The minimum atomic E-state index is 0.300. The Bertz CT molecular complexity index is 121. The van der Waals surface area contributed by atoms with Crippen molar-refractivity contribution in [3.05, 3.63) is 0 Å². The molecule has 0 bridgehead atoms. The highest BCUT2D eigenvalue weighted by molar-refractivity contribution is 5.81. The summed E-state index contributed by atoms with van der Waals surface area (Å²) in [6, 6.07) is 0.300. The molecule has 0 spiro atoms. The van der Waals surface area contributed by atoms with E-state index in [9.17, 15) is 0 Å². The van der Waals surface area contributed by atoms with Crippen molar-refractivity contribution in [1.29, 1.82) is 5.41 Å². The molecule has 5 N–H and O–H groups in total. The van der Waals surface area contributed by atoms with Gasteiger partial charge in [-0.25, -0.2) is 0 Å². The second-order valence-electron chi connectivity index (χ2n) is 3.37. The Morgan fingerprint density at radius 1 is 1.33 bits per heavy atom. The van der Waals surface area contributed by atoms with Gasteiger partial charge in [-0.15, -0.1) is 0 Å². The first-order valence-electron chi connectivity index (χ1n) is 4.68.